The molecule has 14 heavy (non-hydrogen) atoms. The lowest BCUT2D eigenvalue weighted by Crippen LogP contribution is -2.12. The van der Waals surface area contributed by atoms with Crippen molar-refractivity contribution in [1.82, 2.24) is 4.98 Å². The number of hydrogen-bond acceptors (Lipinski definition) is 3. The number of aromatic nitrogens is 1. The van der Waals surface area contributed by atoms with Gasteiger partial charge >= 0.3 is 0 Å². The number of carbonyl (C=O) groups excluding carboxylic acids is 1. The number of anilines is 2. The van der Waals surface area contributed by atoms with Crippen molar-refractivity contribution in [3.8, 4) is 0 Å². The van der Waals surface area contributed by atoms with Crippen LogP contribution in [0.3, 0.4) is 0 Å². The number of hydrogen-bond donors (Lipinski definition) is 1. The van der Waals surface area contributed by atoms with E-state index in [0.717, 1.165) is 11.4 Å². The summed E-state index contributed by atoms with van der Waals surface area (Å²) in [5.41, 5.74) is 1.71. The third kappa shape index (κ3) is 2.73. The summed E-state index contributed by atoms with van der Waals surface area (Å²) in [5.74, 6) is 0.00251. The van der Waals surface area contributed by atoms with Crippen molar-refractivity contribution in [1.29, 1.82) is 0 Å². The summed E-state index contributed by atoms with van der Waals surface area (Å²) in [6.07, 6.45) is 3.87. The van der Waals surface area contributed by atoms with E-state index in [2.05, 4.69) is 10.3 Å². The zero-order valence-corrected chi connectivity index (χ0v) is 8.74. The van der Waals surface area contributed by atoms with E-state index in [1.54, 1.807) is 12.4 Å². The number of nitrogens with one attached hydrogen (secondary N) is 1. The Hall–Kier alpha value is -1.58. The smallest absolute Gasteiger partial charge is 0.224 e. The summed E-state index contributed by atoms with van der Waals surface area (Å²) < 4.78 is 0. The van der Waals surface area contributed by atoms with E-state index >= 15 is 0 Å². The van der Waals surface area contributed by atoms with E-state index in [9.17, 15) is 4.79 Å². The van der Waals surface area contributed by atoms with Gasteiger partial charge in [-0.25, -0.2) is 0 Å². The van der Waals surface area contributed by atoms with Gasteiger partial charge in [0, 0.05) is 20.5 Å². The molecule has 0 fully saturated rings. The predicted molar refractivity (Wildman–Crippen MR) is 57.5 cm³/mol. The predicted octanol–water partition coefficient (Wildman–Crippen LogP) is 1.50. The first-order valence-corrected chi connectivity index (χ1v) is 4.55. The molecule has 1 rings (SSSR count). The van der Waals surface area contributed by atoms with Crippen LogP contribution in [0.25, 0.3) is 0 Å². The second-order valence-electron chi connectivity index (χ2n) is 3.23. The third-order valence-electron chi connectivity index (χ3n) is 1.85. The van der Waals surface area contributed by atoms with Crippen LogP contribution in [-0.2, 0) is 4.79 Å². The van der Waals surface area contributed by atoms with Gasteiger partial charge in [0.05, 0.1) is 23.8 Å². The normalized spacial score (nSPS) is 9.64. The van der Waals surface area contributed by atoms with Crippen molar-refractivity contribution >= 4 is 17.3 Å². The Morgan fingerprint density at radius 3 is 2.79 bits per heavy atom. The van der Waals surface area contributed by atoms with Gasteiger partial charge in [0.15, 0.2) is 0 Å². The Morgan fingerprint density at radius 1 is 1.50 bits per heavy atom. The first-order chi connectivity index (χ1) is 6.63. The van der Waals surface area contributed by atoms with Gasteiger partial charge in [0.2, 0.25) is 5.91 Å². The maximum atomic E-state index is 11.1. The van der Waals surface area contributed by atoms with E-state index in [1.165, 1.54) is 0 Å². The second kappa shape index (κ2) is 4.60. The number of pyridine rings is 1. The molecule has 1 heterocycles. The Bertz CT molecular complexity index is 323. The van der Waals surface area contributed by atoms with Crippen LogP contribution in [0, 0.1) is 0 Å². The molecule has 0 saturated carbocycles. The molecule has 1 aromatic heterocycles. The Labute approximate surface area is 83.9 Å². The van der Waals surface area contributed by atoms with Gasteiger partial charge in [-0.15, -0.1) is 0 Å². The van der Waals surface area contributed by atoms with Gasteiger partial charge in [0.1, 0.15) is 0 Å². The van der Waals surface area contributed by atoms with E-state index in [4.69, 9.17) is 0 Å². The van der Waals surface area contributed by atoms with Crippen molar-refractivity contribution in [3.05, 3.63) is 18.5 Å². The number of rotatable bonds is 3. The van der Waals surface area contributed by atoms with Crippen molar-refractivity contribution in [2.45, 2.75) is 13.3 Å². The summed E-state index contributed by atoms with van der Waals surface area (Å²) in [4.78, 5) is 17.1. The van der Waals surface area contributed by atoms with Crippen LogP contribution in [0.1, 0.15) is 13.3 Å². The first kappa shape index (κ1) is 10.5. The van der Waals surface area contributed by atoms with Crippen LogP contribution in [0.4, 0.5) is 11.4 Å². The lowest BCUT2D eigenvalue weighted by atomic mass is 10.3. The Balaban J connectivity index is 2.78. The Kier molecular flexibility index (Phi) is 3.45. The quantitative estimate of drug-likeness (QED) is 0.791. The summed E-state index contributed by atoms with van der Waals surface area (Å²) in [5, 5.41) is 2.76. The molecule has 1 amide bonds. The number of amides is 1. The average Bonchev–Trinajstić information content (AvgIpc) is 2.18. The molecule has 1 N–H and O–H groups in total. The molecule has 4 nitrogen and oxygen atoms in total. The van der Waals surface area contributed by atoms with Crippen LogP contribution in [-0.4, -0.2) is 25.0 Å². The van der Waals surface area contributed by atoms with Crippen LogP contribution in [0.15, 0.2) is 18.5 Å². The average molecular weight is 193 g/mol. The fourth-order valence-electron chi connectivity index (χ4n) is 0.990. The maximum Gasteiger partial charge on any atom is 0.224 e. The molecule has 0 aliphatic heterocycles. The first-order valence-electron chi connectivity index (χ1n) is 4.55. The molecule has 0 unspecified atom stereocenters. The molecule has 4 heteroatoms. The molecule has 76 valence electrons. The fourth-order valence-corrected chi connectivity index (χ4v) is 0.990. The van der Waals surface area contributed by atoms with E-state index in [0.29, 0.717) is 6.42 Å². The monoisotopic (exact) mass is 193 g/mol. The topological polar surface area (TPSA) is 45.2 Å². The minimum absolute atomic E-state index is 0.00251. The van der Waals surface area contributed by atoms with Crippen LogP contribution < -0.4 is 10.2 Å². The molecule has 0 aromatic carbocycles. The summed E-state index contributed by atoms with van der Waals surface area (Å²) >= 11 is 0. The molecule has 0 bridgehead atoms. The summed E-state index contributed by atoms with van der Waals surface area (Å²) in [7, 11) is 3.87. The fraction of sp³-hybridized carbons (Fsp3) is 0.400. The SMILES string of the molecule is CCC(=O)Nc1cncc(N(C)C)c1. The van der Waals surface area contributed by atoms with Crippen molar-refractivity contribution in [2.24, 2.45) is 0 Å². The molecule has 0 aliphatic rings. The molecule has 0 atom stereocenters. The molecular weight excluding hydrogens is 178 g/mol. The van der Waals surface area contributed by atoms with Crippen molar-refractivity contribution in [3.63, 3.8) is 0 Å². The van der Waals surface area contributed by atoms with E-state index < -0.39 is 0 Å². The van der Waals surface area contributed by atoms with Crippen LogP contribution >= 0.6 is 0 Å². The summed E-state index contributed by atoms with van der Waals surface area (Å²) in [6.45, 7) is 1.82. The minimum atomic E-state index is 0.00251. The van der Waals surface area contributed by atoms with E-state index in [1.807, 2.05) is 32.0 Å². The van der Waals surface area contributed by atoms with Gasteiger partial charge in [-0.2, -0.15) is 0 Å². The van der Waals surface area contributed by atoms with Gasteiger partial charge in [-0.05, 0) is 6.07 Å². The Morgan fingerprint density at radius 2 is 2.21 bits per heavy atom. The third-order valence-corrected chi connectivity index (χ3v) is 1.85. The second-order valence-corrected chi connectivity index (χ2v) is 3.23. The highest BCUT2D eigenvalue weighted by molar-refractivity contribution is 5.90. The van der Waals surface area contributed by atoms with Gasteiger partial charge < -0.3 is 10.2 Å². The minimum Gasteiger partial charge on any atom is -0.376 e. The standard InChI is InChI=1S/C10H15N3O/c1-4-10(14)12-8-5-9(13(2)3)7-11-6-8/h5-7H,4H2,1-3H3,(H,12,14). The molecule has 0 aliphatic carbocycles. The largest absolute Gasteiger partial charge is 0.376 e. The number of carbonyl (C=O) groups is 1. The van der Waals surface area contributed by atoms with Crippen molar-refractivity contribution < 1.29 is 4.79 Å². The van der Waals surface area contributed by atoms with Gasteiger partial charge in [0.25, 0.3) is 0 Å². The highest BCUT2D eigenvalue weighted by Gasteiger charge is 2.01. The molecule has 0 saturated heterocycles. The highest BCUT2D eigenvalue weighted by Crippen LogP contribution is 2.15. The highest BCUT2D eigenvalue weighted by atomic mass is 16.1. The van der Waals surface area contributed by atoms with Crippen LogP contribution in [0.2, 0.25) is 0 Å². The summed E-state index contributed by atoms with van der Waals surface area (Å²) in [6, 6.07) is 1.89. The molecular formula is C10H15N3O. The molecule has 0 spiro atoms. The van der Waals surface area contributed by atoms with Crippen LogP contribution in [0.5, 0.6) is 0 Å². The zero-order chi connectivity index (χ0) is 10.6. The lowest BCUT2D eigenvalue weighted by Gasteiger charge is -2.12. The van der Waals surface area contributed by atoms with Gasteiger partial charge in [-0.1, -0.05) is 6.92 Å². The molecule has 0 radical (unpaired) electrons. The van der Waals surface area contributed by atoms with E-state index in [-0.39, 0.29) is 5.91 Å². The lowest BCUT2D eigenvalue weighted by molar-refractivity contribution is -0.115. The zero-order valence-electron chi connectivity index (χ0n) is 8.74. The maximum absolute atomic E-state index is 11.1. The van der Waals surface area contributed by atoms with Crippen molar-refractivity contribution in [2.75, 3.05) is 24.3 Å². The number of nitrogens with zero attached hydrogens (tertiary/aromatic N) is 2. The van der Waals surface area contributed by atoms with Gasteiger partial charge in [-0.3, -0.25) is 9.78 Å². The molecule has 1 aromatic rings.